The van der Waals surface area contributed by atoms with E-state index in [1.807, 2.05) is 0 Å². The lowest BCUT2D eigenvalue weighted by Crippen LogP contribution is -2.13. The SMILES string of the molecule is CCC(CO)Cc1ccc(C(C)(C)C)cc1C. The fourth-order valence-corrected chi connectivity index (χ4v) is 2.04. The van der Waals surface area contributed by atoms with E-state index in [0.717, 1.165) is 12.8 Å². The van der Waals surface area contributed by atoms with Gasteiger partial charge in [0.2, 0.25) is 0 Å². The van der Waals surface area contributed by atoms with E-state index in [4.69, 9.17) is 0 Å². The fourth-order valence-electron chi connectivity index (χ4n) is 2.04. The molecular weight excluding hydrogens is 208 g/mol. The van der Waals surface area contributed by atoms with E-state index in [1.54, 1.807) is 0 Å². The summed E-state index contributed by atoms with van der Waals surface area (Å²) in [5.41, 5.74) is 4.32. The summed E-state index contributed by atoms with van der Waals surface area (Å²) in [6.45, 7) is 11.3. The lowest BCUT2D eigenvalue weighted by atomic mass is 9.84. The standard InChI is InChI=1S/C16H26O/c1-6-13(11-17)10-14-7-8-15(9-12(14)2)16(3,4)5/h7-9,13,17H,6,10-11H2,1-5H3. The van der Waals surface area contributed by atoms with Crippen molar-refractivity contribution < 1.29 is 5.11 Å². The largest absolute Gasteiger partial charge is 0.396 e. The highest BCUT2D eigenvalue weighted by Gasteiger charge is 2.15. The number of hydrogen-bond acceptors (Lipinski definition) is 1. The number of benzene rings is 1. The van der Waals surface area contributed by atoms with E-state index in [-0.39, 0.29) is 12.0 Å². The maximum Gasteiger partial charge on any atom is 0.0462 e. The molecule has 1 aromatic rings. The van der Waals surface area contributed by atoms with Crippen LogP contribution in [0.25, 0.3) is 0 Å². The van der Waals surface area contributed by atoms with Gasteiger partial charge < -0.3 is 5.11 Å². The monoisotopic (exact) mass is 234 g/mol. The molecule has 0 saturated heterocycles. The third-order valence-corrected chi connectivity index (χ3v) is 3.55. The molecular formula is C16H26O. The van der Waals surface area contributed by atoms with Gasteiger partial charge in [0.05, 0.1) is 0 Å². The van der Waals surface area contributed by atoms with Crippen molar-refractivity contribution in [2.45, 2.75) is 52.9 Å². The van der Waals surface area contributed by atoms with Crippen molar-refractivity contribution in [1.82, 2.24) is 0 Å². The average molecular weight is 234 g/mol. The molecule has 0 spiro atoms. The van der Waals surface area contributed by atoms with Gasteiger partial charge in [-0.15, -0.1) is 0 Å². The van der Waals surface area contributed by atoms with Gasteiger partial charge in [-0.3, -0.25) is 0 Å². The lowest BCUT2D eigenvalue weighted by Gasteiger charge is -2.21. The summed E-state index contributed by atoms with van der Waals surface area (Å²) in [4.78, 5) is 0. The number of hydrogen-bond donors (Lipinski definition) is 1. The highest BCUT2D eigenvalue weighted by atomic mass is 16.3. The van der Waals surface area contributed by atoms with Crippen LogP contribution in [0, 0.1) is 12.8 Å². The Balaban J connectivity index is 2.90. The van der Waals surface area contributed by atoms with E-state index in [1.165, 1.54) is 16.7 Å². The van der Waals surface area contributed by atoms with E-state index in [9.17, 15) is 5.11 Å². The third kappa shape index (κ3) is 3.85. The first kappa shape index (κ1) is 14.2. The van der Waals surface area contributed by atoms with Crippen LogP contribution >= 0.6 is 0 Å². The summed E-state index contributed by atoms with van der Waals surface area (Å²) < 4.78 is 0. The molecule has 96 valence electrons. The second-order valence-electron chi connectivity index (χ2n) is 6.05. The van der Waals surface area contributed by atoms with E-state index < -0.39 is 0 Å². The zero-order valence-corrected chi connectivity index (χ0v) is 11.9. The highest BCUT2D eigenvalue weighted by molar-refractivity contribution is 5.34. The predicted octanol–water partition coefficient (Wildman–Crippen LogP) is 3.85. The molecule has 0 heterocycles. The van der Waals surface area contributed by atoms with Crippen LogP contribution in [-0.2, 0) is 11.8 Å². The maximum atomic E-state index is 9.26. The Bertz CT molecular complexity index is 356. The summed E-state index contributed by atoms with van der Waals surface area (Å²) in [5, 5.41) is 9.26. The molecule has 1 N–H and O–H groups in total. The number of aliphatic hydroxyl groups excluding tert-OH is 1. The van der Waals surface area contributed by atoms with Gasteiger partial charge in [-0.25, -0.2) is 0 Å². The topological polar surface area (TPSA) is 20.2 Å². The first-order valence-corrected chi connectivity index (χ1v) is 6.59. The molecule has 1 heteroatoms. The first-order chi connectivity index (χ1) is 7.88. The molecule has 1 unspecified atom stereocenters. The minimum absolute atomic E-state index is 0.213. The van der Waals surface area contributed by atoms with Gasteiger partial charge in [-0.2, -0.15) is 0 Å². The Kier molecular flexibility index (Phi) is 4.76. The molecule has 1 atom stereocenters. The first-order valence-electron chi connectivity index (χ1n) is 6.59. The molecule has 0 aliphatic carbocycles. The van der Waals surface area contributed by atoms with Gasteiger partial charge in [0, 0.05) is 6.61 Å². The second kappa shape index (κ2) is 5.68. The van der Waals surface area contributed by atoms with Crippen molar-refractivity contribution >= 4 is 0 Å². The highest BCUT2D eigenvalue weighted by Crippen LogP contribution is 2.25. The average Bonchev–Trinajstić information content (AvgIpc) is 2.26. The van der Waals surface area contributed by atoms with Crippen molar-refractivity contribution in [2.75, 3.05) is 6.61 Å². The van der Waals surface area contributed by atoms with Crippen LogP contribution in [0.5, 0.6) is 0 Å². The fraction of sp³-hybridized carbons (Fsp3) is 0.625. The van der Waals surface area contributed by atoms with Crippen molar-refractivity contribution in [3.8, 4) is 0 Å². The van der Waals surface area contributed by atoms with Crippen molar-refractivity contribution in [3.63, 3.8) is 0 Å². The number of aliphatic hydroxyl groups is 1. The van der Waals surface area contributed by atoms with Crippen molar-refractivity contribution in [2.24, 2.45) is 5.92 Å². The molecule has 1 rings (SSSR count). The smallest absolute Gasteiger partial charge is 0.0462 e. The summed E-state index contributed by atoms with van der Waals surface area (Å²) in [7, 11) is 0. The Hall–Kier alpha value is -0.820. The van der Waals surface area contributed by atoms with Gasteiger partial charge in [0.1, 0.15) is 0 Å². The molecule has 0 amide bonds. The van der Waals surface area contributed by atoms with Gasteiger partial charge in [-0.1, -0.05) is 52.3 Å². The molecule has 0 aromatic heterocycles. The van der Waals surface area contributed by atoms with E-state index in [0.29, 0.717) is 5.92 Å². The van der Waals surface area contributed by atoms with E-state index >= 15 is 0 Å². The molecule has 0 saturated carbocycles. The number of aryl methyl sites for hydroxylation is 1. The quantitative estimate of drug-likeness (QED) is 0.839. The maximum absolute atomic E-state index is 9.26. The van der Waals surface area contributed by atoms with Gasteiger partial charge >= 0.3 is 0 Å². The number of rotatable bonds is 4. The van der Waals surface area contributed by atoms with Crippen LogP contribution in [-0.4, -0.2) is 11.7 Å². The normalized spacial score (nSPS) is 13.8. The van der Waals surface area contributed by atoms with Crippen LogP contribution in [0.2, 0.25) is 0 Å². The molecule has 0 fully saturated rings. The molecule has 0 aliphatic rings. The van der Waals surface area contributed by atoms with Gasteiger partial charge in [-0.05, 0) is 41.4 Å². The predicted molar refractivity (Wildman–Crippen MR) is 74.4 cm³/mol. The summed E-state index contributed by atoms with van der Waals surface area (Å²) >= 11 is 0. The summed E-state index contributed by atoms with van der Waals surface area (Å²) in [6.07, 6.45) is 2.03. The molecule has 1 nitrogen and oxygen atoms in total. The van der Waals surface area contributed by atoms with Crippen LogP contribution < -0.4 is 0 Å². The zero-order chi connectivity index (χ0) is 13.1. The van der Waals surface area contributed by atoms with Crippen molar-refractivity contribution in [3.05, 3.63) is 34.9 Å². The lowest BCUT2D eigenvalue weighted by molar-refractivity contribution is 0.222. The third-order valence-electron chi connectivity index (χ3n) is 3.55. The molecule has 0 radical (unpaired) electrons. The Morgan fingerprint density at radius 1 is 1.24 bits per heavy atom. The van der Waals surface area contributed by atoms with Crippen molar-refractivity contribution in [1.29, 1.82) is 0 Å². The summed E-state index contributed by atoms with van der Waals surface area (Å²) in [6, 6.07) is 6.75. The van der Waals surface area contributed by atoms with Crippen LogP contribution in [0.1, 0.15) is 50.8 Å². The zero-order valence-electron chi connectivity index (χ0n) is 11.9. The van der Waals surface area contributed by atoms with Crippen LogP contribution in [0.4, 0.5) is 0 Å². The Morgan fingerprint density at radius 2 is 1.88 bits per heavy atom. The minimum atomic E-state index is 0.213. The molecule has 1 aromatic carbocycles. The molecule has 17 heavy (non-hydrogen) atoms. The van der Waals surface area contributed by atoms with Crippen LogP contribution in [0.3, 0.4) is 0 Å². The van der Waals surface area contributed by atoms with Crippen LogP contribution in [0.15, 0.2) is 18.2 Å². The van der Waals surface area contributed by atoms with E-state index in [2.05, 4.69) is 52.8 Å². The Labute approximate surface area is 106 Å². The summed E-state index contributed by atoms with van der Waals surface area (Å²) in [5.74, 6) is 0.397. The minimum Gasteiger partial charge on any atom is -0.396 e. The molecule has 0 aliphatic heterocycles. The Morgan fingerprint density at radius 3 is 2.29 bits per heavy atom. The second-order valence-corrected chi connectivity index (χ2v) is 6.05. The van der Waals surface area contributed by atoms with Gasteiger partial charge in [0.15, 0.2) is 0 Å². The molecule has 0 bridgehead atoms. The van der Waals surface area contributed by atoms with Gasteiger partial charge in [0.25, 0.3) is 0 Å².